The van der Waals surface area contributed by atoms with Crippen LogP contribution in [-0.2, 0) is 0 Å². The molecule has 0 aromatic rings. The lowest BCUT2D eigenvalue weighted by atomic mass is 10.4. The Kier molecular flexibility index (Phi) is 13.5. The highest BCUT2D eigenvalue weighted by Gasteiger charge is 1.93. The lowest BCUT2D eigenvalue weighted by molar-refractivity contribution is 0.857. The van der Waals surface area contributed by atoms with Gasteiger partial charge in [-0.25, -0.2) is 0 Å². The summed E-state index contributed by atoms with van der Waals surface area (Å²) in [4.78, 5) is 0. The fraction of sp³-hybridized carbons (Fsp3) is 1.00. The Balaban J connectivity index is 0. The quantitative estimate of drug-likeness (QED) is 0.512. The van der Waals surface area contributed by atoms with E-state index in [1.807, 2.05) is 13.8 Å². The van der Waals surface area contributed by atoms with Crippen molar-refractivity contribution >= 4 is 0 Å². The number of rotatable bonds is 0. The van der Waals surface area contributed by atoms with Crippen molar-refractivity contribution in [2.45, 2.75) is 26.7 Å². The van der Waals surface area contributed by atoms with Gasteiger partial charge in [0.1, 0.15) is 0 Å². The fourth-order valence-corrected chi connectivity index (χ4v) is 0.625. The van der Waals surface area contributed by atoms with Crippen molar-refractivity contribution in [3.05, 3.63) is 0 Å². The second-order valence-electron chi connectivity index (χ2n) is 1.46. The molecule has 0 bridgehead atoms. The van der Waals surface area contributed by atoms with Crippen molar-refractivity contribution in [3.8, 4) is 0 Å². The molecule has 0 spiro atoms. The standard InChI is InChI=1S/C4H9N.C2H6.FH/c1-2-4-5-3-1;1-2;/h5H,1-4H2;1-2H3;1H. The van der Waals surface area contributed by atoms with Gasteiger partial charge >= 0.3 is 0 Å². The highest BCUT2D eigenvalue weighted by Crippen LogP contribution is 1.90. The molecule has 1 fully saturated rings. The van der Waals surface area contributed by atoms with E-state index in [1.54, 1.807) is 0 Å². The van der Waals surface area contributed by atoms with Gasteiger partial charge in [-0.15, -0.1) is 0 Å². The average molecular weight is 121 g/mol. The van der Waals surface area contributed by atoms with E-state index in [-0.39, 0.29) is 4.70 Å². The largest absolute Gasteiger partial charge is 0.317 e. The molecule has 0 aromatic heterocycles. The minimum Gasteiger partial charge on any atom is -0.317 e. The van der Waals surface area contributed by atoms with Crippen molar-refractivity contribution in [2.75, 3.05) is 13.1 Å². The maximum absolute atomic E-state index is 3.22. The minimum atomic E-state index is 0. The van der Waals surface area contributed by atoms with Gasteiger partial charge in [0.15, 0.2) is 0 Å². The second kappa shape index (κ2) is 10.00. The topological polar surface area (TPSA) is 12.0 Å². The molecule has 1 rings (SSSR count). The van der Waals surface area contributed by atoms with E-state index >= 15 is 0 Å². The van der Waals surface area contributed by atoms with Crippen molar-refractivity contribution < 1.29 is 4.70 Å². The van der Waals surface area contributed by atoms with Crippen LogP contribution < -0.4 is 5.32 Å². The van der Waals surface area contributed by atoms with E-state index in [4.69, 9.17) is 0 Å². The molecular weight excluding hydrogens is 105 g/mol. The zero-order valence-corrected chi connectivity index (χ0v) is 5.74. The Bertz CT molecular complexity index is 20.1. The van der Waals surface area contributed by atoms with Gasteiger partial charge in [0, 0.05) is 0 Å². The van der Waals surface area contributed by atoms with Crippen molar-refractivity contribution in [1.29, 1.82) is 0 Å². The van der Waals surface area contributed by atoms with Gasteiger partial charge in [0.05, 0.1) is 0 Å². The minimum absolute atomic E-state index is 0. The van der Waals surface area contributed by atoms with Gasteiger partial charge < -0.3 is 5.32 Å². The van der Waals surface area contributed by atoms with Crippen LogP contribution in [0, 0.1) is 0 Å². The predicted octanol–water partition coefficient (Wildman–Crippen LogP) is 1.55. The highest BCUT2D eigenvalue weighted by molar-refractivity contribution is 4.55. The summed E-state index contributed by atoms with van der Waals surface area (Å²) in [6.45, 7) is 6.50. The Morgan fingerprint density at radius 3 is 1.50 bits per heavy atom. The van der Waals surface area contributed by atoms with Gasteiger partial charge in [0.25, 0.3) is 0 Å². The summed E-state index contributed by atoms with van der Waals surface area (Å²) in [5, 5.41) is 3.22. The molecular formula is C6H16FN. The van der Waals surface area contributed by atoms with Crippen LogP contribution in [0.1, 0.15) is 26.7 Å². The maximum atomic E-state index is 3.22. The average Bonchev–Trinajstić information content (AvgIpc) is 2.23. The van der Waals surface area contributed by atoms with Gasteiger partial charge in [-0.2, -0.15) is 0 Å². The summed E-state index contributed by atoms with van der Waals surface area (Å²) in [6, 6.07) is 0. The summed E-state index contributed by atoms with van der Waals surface area (Å²) in [7, 11) is 0. The third kappa shape index (κ3) is 5.89. The van der Waals surface area contributed by atoms with Gasteiger partial charge in [-0.3, -0.25) is 4.70 Å². The van der Waals surface area contributed by atoms with E-state index < -0.39 is 0 Å². The molecule has 52 valence electrons. The molecule has 0 saturated carbocycles. The van der Waals surface area contributed by atoms with E-state index in [1.165, 1.54) is 25.9 Å². The van der Waals surface area contributed by atoms with Crippen LogP contribution in [0.2, 0.25) is 0 Å². The smallest absolute Gasteiger partial charge is 0.00484 e. The molecule has 8 heavy (non-hydrogen) atoms. The molecule has 1 saturated heterocycles. The zero-order chi connectivity index (χ0) is 5.54. The molecule has 1 N–H and O–H groups in total. The molecule has 0 radical (unpaired) electrons. The van der Waals surface area contributed by atoms with Crippen molar-refractivity contribution in [1.82, 2.24) is 5.32 Å². The Labute approximate surface area is 50.8 Å². The molecule has 0 aliphatic carbocycles. The summed E-state index contributed by atoms with van der Waals surface area (Å²) in [5.41, 5.74) is 0. The number of hydrogen-bond donors (Lipinski definition) is 1. The van der Waals surface area contributed by atoms with Crippen molar-refractivity contribution in [3.63, 3.8) is 0 Å². The van der Waals surface area contributed by atoms with Crippen molar-refractivity contribution in [2.24, 2.45) is 0 Å². The maximum Gasteiger partial charge on any atom is -0.00484 e. The molecule has 0 atom stereocenters. The fourth-order valence-electron chi connectivity index (χ4n) is 0.625. The lowest BCUT2D eigenvalue weighted by Gasteiger charge is -1.76. The van der Waals surface area contributed by atoms with Gasteiger partial charge in [-0.05, 0) is 25.9 Å². The third-order valence-corrected chi connectivity index (χ3v) is 0.957. The number of halogens is 1. The molecule has 0 amide bonds. The zero-order valence-electron chi connectivity index (χ0n) is 5.74. The normalized spacial score (nSPS) is 15.8. The van der Waals surface area contributed by atoms with Crippen LogP contribution in [0.3, 0.4) is 0 Å². The summed E-state index contributed by atoms with van der Waals surface area (Å²) in [6.07, 6.45) is 2.78. The Morgan fingerprint density at radius 1 is 1.00 bits per heavy atom. The predicted molar refractivity (Wildman–Crippen MR) is 36.0 cm³/mol. The molecule has 0 unspecified atom stereocenters. The van der Waals surface area contributed by atoms with Crippen LogP contribution in [-0.4, -0.2) is 13.1 Å². The summed E-state index contributed by atoms with van der Waals surface area (Å²) < 4.78 is 0. The first kappa shape index (κ1) is 10.8. The molecule has 1 heterocycles. The van der Waals surface area contributed by atoms with Crippen LogP contribution >= 0.6 is 0 Å². The lowest BCUT2D eigenvalue weighted by Crippen LogP contribution is -2.03. The molecule has 2 heteroatoms. The van der Waals surface area contributed by atoms with E-state index in [9.17, 15) is 0 Å². The van der Waals surface area contributed by atoms with Gasteiger partial charge in [-0.1, -0.05) is 13.8 Å². The molecule has 1 aliphatic rings. The molecule has 1 aliphatic heterocycles. The Hall–Kier alpha value is -0.110. The first-order chi connectivity index (χ1) is 3.50. The summed E-state index contributed by atoms with van der Waals surface area (Å²) >= 11 is 0. The third-order valence-electron chi connectivity index (χ3n) is 0.957. The molecule has 1 nitrogen and oxygen atoms in total. The van der Waals surface area contributed by atoms with Crippen LogP contribution in [0.4, 0.5) is 4.70 Å². The van der Waals surface area contributed by atoms with Crippen LogP contribution in [0.15, 0.2) is 0 Å². The number of hydrogen-bond acceptors (Lipinski definition) is 1. The first-order valence-corrected chi connectivity index (χ1v) is 3.21. The van der Waals surface area contributed by atoms with Gasteiger partial charge in [0.2, 0.25) is 0 Å². The SMILES string of the molecule is C1CCNC1.CC.F. The van der Waals surface area contributed by atoms with E-state index in [2.05, 4.69) is 5.32 Å². The molecule has 0 aromatic carbocycles. The highest BCUT2D eigenvalue weighted by atomic mass is 19.0. The first-order valence-electron chi connectivity index (χ1n) is 3.21. The Morgan fingerprint density at radius 2 is 1.38 bits per heavy atom. The van der Waals surface area contributed by atoms with E-state index in [0.717, 1.165) is 0 Å². The monoisotopic (exact) mass is 121 g/mol. The van der Waals surface area contributed by atoms with Crippen LogP contribution in [0.5, 0.6) is 0 Å². The van der Waals surface area contributed by atoms with Crippen LogP contribution in [0.25, 0.3) is 0 Å². The number of nitrogens with one attached hydrogen (secondary N) is 1. The second-order valence-corrected chi connectivity index (χ2v) is 1.46. The summed E-state index contributed by atoms with van der Waals surface area (Å²) in [5.74, 6) is 0. The van der Waals surface area contributed by atoms with E-state index in [0.29, 0.717) is 0 Å².